The van der Waals surface area contributed by atoms with Gasteiger partial charge in [-0.25, -0.2) is 15.0 Å². The minimum Gasteiger partial charge on any atom is -0.364 e. The highest BCUT2D eigenvalue weighted by Gasteiger charge is 2.12. The van der Waals surface area contributed by atoms with Crippen LogP contribution in [-0.2, 0) is 13.6 Å². The Morgan fingerprint density at radius 1 is 1.17 bits per heavy atom. The van der Waals surface area contributed by atoms with Crippen LogP contribution in [0.25, 0.3) is 16.0 Å². The summed E-state index contributed by atoms with van der Waals surface area (Å²) in [7, 11) is 1.88. The number of thiazole rings is 1. The van der Waals surface area contributed by atoms with Crippen LogP contribution in [-0.4, -0.2) is 29.1 Å². The van der Waals surface area contributed by atoms with E-state index in [0.29, 0.717) is 6.54 Å². The molecule has 0 aliphatic heterocycles. The number of hydrogen-bond donors (Lipinski definition) is 1. The zero-order valence-corrected chi connectivity index (χ0v) is 14.3. The molecular weight excluding hydrogens is 310 g/mol. The van der Waals surface area contributed by atoms with E-state index >= 15 is 0 Å². The predicted octanol–water partition coefficient (Wildman–Crippen LogP) is 2.61. The van der Waals surface area contributed by atoms with Crippen LogP contribution in [0, 0.1) is 20.8 Å². The highest BCUT2D eigenvalue weighted by molar-refractivity contribution is 7.17. The van der Waals surface area contributed by atoms with Crippen LogP contribution in [0.1, 0.15) is 22.1 Å². The van der Waals surface area contributed by atoms with Gasteiger partial charge in [-0.15, -0.1) is 11.3 Å². The summed E-state index contributed by atoms with van der Waals surface area (Å²) in [5.41, 5.74) is 3.07. The first kappa shape index (κ1) is 14.1. The van der Waals surface area contributed by atoms with Gasteiger partial charge in [-0.1, -0.05) is 0 Å². The number of nitrogens with one attached hydrogen (secondary N) is 1. The molecule has 0 saturated carbocycles. The van der Waals surface area contributed by atoms with E-state index in [-0.39, 0.29) is 0 Å². The lowest BCUT2D eigenvalue weighted by Gasteiger charge is -2.06. The van der Waals surface area contributed by atoms with E-state index in [2.05, 4.69) is 49.8 Å². The van der Waals surface area contributed by atoms with Crippen molar-refractivity contribution in [2.24, 2.45) is 7.05 Å². The summed E-state index contributed by atoms with van der Waals surface area (Å²) in [6, 6.07) is 0. The lowest BCUT2D eigenvalue weighted by molar-refractivity contribution is 0.783. The van der Waals surface area contributed by atoms with Crippen molar-refractivity contribution >= 4 is 33.1 Å². The fraction of sp³-hybridized carbons (Fsp3) is 0.333. The van der Waals surface area contributed by atoms with Gasteiger partial charge in [0, 0.05) is 23.8 Å². The van der Waals surface area contributed by atoms with Gasteiger partial charge in [-0.2, -0.15) is 5.10 Å². The van der Waals surface area contributed by atoms with Gasteiger partial charge in [0.15, 0.2) is 10.6 Å². The molecule has 1 N–H and O–H groups in total. The summed E-state index contributed by atoms with van der Waals surface area (Å²) in [6.07, 6.45) is 3.87. The molecule has 0 radical (unpaired) electrons. The van der Waals surface area contributed by atoms with Crippen molar-refractivity contribution < 1.29 is 0 Å². The molecule has 4 heterocycles. The number of hydrogen-bond acceptors (Lipinski definition) is 6. The van der Waals surface area contributed by atoms with Gasteiger partial charge in [0.05, 0.1) is 23.8 Å². The quantitative estimate of drug-likeness (QED) is 0.626. The molecule has 0 spiro atoms. The number of aromatic nitrogens is 6. The first-order valence-corrected chi connectivity index (χ1v) is 8.19. The van der Waals surface area contributed by atoms with Gasteiger partial charge in [-0.3, -0.25) is 9.08 Å². The average Bonchev–Trinajstić information content (AvgIpc) is 3.15. The molecule has 0 bridgehead atoms. The summed E-state index contributed by atoms with van der Waals surface area (Å²) in [5, 5.41) is 8.55. The number of anilines is 1. The number of aryl methyl sites for hydroxylation is 4. The molecule has 0 fully saturated rings. The average molecular weight is 327 g/mol. The second-order valence-electron chi connectivity index (χ2n) is 5.61. The van der Waals surface area contributed by atoms with E-state index in [9.17, 15) is 0 Å². The Kier molecular flexibility index (Phi) is 3.08. The van der Waals surface area contributed by atoms with E-state index in [4.69, 9.17) is 0 Å². The summed E-state index contributed by atoms with van der Waals surface area (Å²) in [6.45, 7) is 6.74. The summed E-state index contributed by atoms with van der Waals surface area (Å²) in [5.74, 6) is 1.52. The lowest BCUT2D eigenvalue weighted by atomic mass is 10.3. The fourth-order valence-electron chi connectivity index (χ4n) is 2.63. The first-order chi connectivity index (χ1) is 11.0. The van der Waals surface area contributed by atoms with E-state index < -0.39 is 0 Å². The van der Waals surface area contributed by atoms with Crippen molar-refractivity contribution in [2.45, 2.75) is 27.3 Å². The third-order valence-electron chi connectivity index (χ3n) is 3.98. The van der Waals surface area contributed by atoms with Crippen LogP contribution in [0.2, 0.25) is 0 Å². The summed E-state index contributed by atoms with van der Waals surface area (Å²) < 4.78 is 3.90. The molecular formula is C15H17N7S. The Morgan fingerprint density at radius 2 is 2.00 bits per heavy atom. The van der Waals surface area contributed by atoms with Crippen molar-refractivity contribution in [1.82, 2.24) is 29.1 Å². The molecule has 0 unspecified atom stereocenters. The van der Waals surface area contributed by atoms with E-state index in [0.717, 1.165) is 33.3 Å². The smallest absolute Gasteiger partial charge is 0.194 e. The Balaban J connectivity index is 1.65. The Morgan fingerprint density at radius 3 is 2.78 bits per heavy atom. The Hall–Kier alpha value is -2.48. The van der Waals surface area contributed by atoms with E-state index in [1.54, 1.807) is 22.2 Å². The molecule has 118 valence electrons. The van der Waals surface area contributed by atoms with E-state index in [1.165, 1.54) is 10.6 Å². The predicted molar refractivity (Wildman–Crippen MR) is 90.9 cm³/mol. The lowest BCUT2D eigenvalue weighted by Crippen LogP contribution is -2.05. The van der Waals surface area contributed by atoms with Crippen molar-refractivity contribution in [3.8, 4) is 0 Å². The molecule has 4 aromatic heterocycles. The van der Waals surface area contributed by atoms with Gasteiger partial charge < -0.3 is 5.32 Å². The topological polar surface area (TPSA) is 72.9 Å². The number of rotatable bonds is 3. The minimum atomic E-state index is 0.618. The van der Waals surface area contributed by atoms with Crippen LogP contribution in [0.5, 0.6) is 0 Å². The molecule has 4 rings (SSSR count). The van der Waals surface area contributed by atoms with Gasteiger partial charge in [-0.05, 0) is 20.8 Å². The SMILES string of the molecule is Cc1nc(NCc2cn3c(C)c(C)sc3n2)c2cnn(C)c2n1. The van der Waals surface area contributed by atoms with Crippen LogP contribution in [0.4, 0.5) is 5.82 Å². The van der Waals surface area contributed by atoms with Gasteiger partial charge in [0.1, 0.15) is 11.6 Å². The second-order valence-corrected chi connectivity index (χ2v) is 6.79. The number of fused-ring (bicyclic) bond motifs is 2. The molecule has 0 saturated heterocycles. The van der Waals surface area contributed by atoms with Crippen LogP contribution in [0.15, 0.2) is 12.4 Å². The second kappa shape index (κ2) is 5.02. The van der Waals surface area contributed by atoms with Crippen molar-refractivity contribution in [3.63, 3.8) is 0 Å². The van der Waals surface area contributed by atoms with Crippen LogP contribution >= 0.6 is 11.3 Å². The fourth-order valence-corrected chi connectivity index (χ4v) is 3.60. The molecule has 0 aliphatic rings. The maximum Gasteiger partial charge on any atom is 0.194 e. The molecule has 0 atom stereocenters. The molecule has 4 aromatic rings. The number of imidazole rings is 1. The third kappa shape index (κ3) is 2.26. The highest BCUT2D eigenvalue weighted by atomic mass is 32.1. The molecule has 0 amide bonds. The number of nitrogens with zero attached hydrogens (tertiary/aromatic N) is 6. The Bertz CT molecular complexity index is 1020. The maximum absolute atomic E-state index is 4.67. The molecule has 7 nitrogen and oxygen atoms in total. The normalized spacial score (nSPS) is 11.7. The van der Waals surface area contributed by atoms with Gasteiger partial charge in [0.2, 0.25) is 0 Å². The molecule has 8 heteroatoms. The third-order valence-corrected chi connectivity index (χ3v) is 5.05. The Labute approximate surface area is 137 Å². The first-order valence-electron chi connectivity index (χ1n) is 7.37. The molecule has 0 aromatic carbocycles. The van der Waals surface area contributed by atoms with Gasteiger partial charge >= 0.3 is 0 Å². The van der Waals surface area contributed by atoms with Crippen molar-refractivity contribution in [3.05, 3.63) is 34.5 Å². The molecule has 23 heavy (non-hydrogen) atoms. The largest absolute Gasteiger partial charge is 0.364 e. The summed E-state index contributed by atoms with van der Waals surface area (Å²) in [4.78, 5) is 15.9. The highest BCUT2D eigenvalue weighted by Crippen LogP contribution is 2.23. The van der Waals surface area contributed by atoms with Crippen LogP contribution < -0.4 is 5.32 Å². The zero-order valence-electron chi connectivity index (χ0n) is 13.5. The minimum absolute atomic E-state index is 0.618. The monoisotopic (exact) mass is 327 g/mol. The zero-order chi connectivity index (χ0) is 16.1. The molecule has 0 aliphatic carbocycles. The van der Waals surface area contributed by atoms with Crippen LogP contribution in [0.3, 0.4) is 0 Å². The van der Waals surface area contributed by atoms with Gasteiger partial charge in [0.25, 0.3) is 0 Å². The maximum atomic E-state index is 4.67. The van der Waals surface area contributed by atoms with Crippen molar-refractivity contribution in [1.29, 1.82) is 0 Å². The standard InChI is InChI=1S/C15H17N7S/c1-8-9(2)23-15-20-11(7-22(8)15)5-16-13-12-6-17-21(4)14(12)19-10(3)18-13/h6-7H,5H2,1-4H3,(H,16,18,19). The van der Waals surface area contributed by atoms with E-state index in [1.807, 2.05) is 14.0 Å². The summed E-state index contributed by atoms with van der Waals surface area (Å²) >= 11 is 1.71. The van der Waals surface area contributed by atoms with Crippen molar-refractivity contribution in [2.75, 3.05) is 5.32 Å².